The minimum absolute atomic E-state index is 0.439. The Kier molecular flexibility index (Phi) is 4.74. The molecule has 0 aromatic heterocycles. The molecule has 1 atom stereocenters. The predicted molar refractivity (Wildman–Crippen MR) is 57.2 cm³/mol. The SMILES string of the molecule is CCC(O)CC(C)(C)C(C)(C)C(=O)OO. The van der Waals surface area contributed by atoms with Crippen LogP contribution >= 0.6 is 0 Å². The van der Waals surface area contributed by atoms with Crippen LogP contribution in [0.15, 0.2) is 0 Å². The Bertz CT molecular complexity index is 221. The second-order valence-electron chi connectivity index (χ2n) is 5.15. The fourth-order valence-corrected chi connectivity index (χ4v) is 1.38. The Balaban J connectivity index is 4.76. The number of rotatable bonds is 5. The summed E-state index contributed by atoms with van der Waals surface area (Å²) in [5.74, 6) is -0.671. The van der Waals surface area contributed by atoms with Crippen LogP contribution < -0.4 is 0 Å². The van der Waals surface area contributed by atoms with Crippen molar-refractivity contribution in [1.29, 1.82) is 0 Å². The molecule has 2 N–H and O–H groups in total. The van der Waals surface area contributed by atoms with Gasteiger partial charge in [-0.1, -0.05) is 20.8 Å². The summed E-state index contributed by atoms with van der Waals surface area (Å²) in [6.45, 7) is 9.05. The summed E-state index contributed by atoms with van der Waals surface area (Å²) in [6, 6.07) is 0. The molecule has 0 saturated heterocycles. The number of carbonyl (C=O) groups excluding carboxylic acids is 1. The van der Waals surface area contributed by atoms with Crippen LogP contribution in [0.5, 0.6) is 0 Å². The lowest BCUT2D eigenvalue weighted by atomic mass is 9.65. The molecule has 0 aromatic rings. The zero-order valence-corrected chi connectivity index (χ0v) is 10.2. The van der Waals surface area contributed by atoms with E-state index in [1.165, 1.54) is 0 Å². The molecule has 15 heavy (non-hydrogen) atoms. The van der Waals surface area contributed by atoms with Crippen molar-refractivity contribution in [3.05, 3.63) is 0 Å². The molecular formula is C11H22O4. The van der Waals surface area contributed by atoms with E-state index >= 15 is 0 Å². The van der Waals surface area contributed by atoms with Gasteiger partial charge >= 0.3 is 5.97 Å². The molecule has 4 nitrogen and oxygen atoms in total. The fraction of sp³-hybridized carbons (Fsp3) is 0.909. The third-order valence-electron chi connectivity index (χ3n) is 3.50. The van der Waals surface area contributed by atoms with Gasteiger partial charge in [-0.05, 0) is 32.1 Å². The smallest absolute Gasteiger partial charge is 0.348 e. The van der Waals surface area contributed by atoms with Gasteiger partial charge in [0.1, 0.15) is 0 Å². The van der Waals surface area contributed by atoms with E-state index in [9.17, 15) is 9.90 Å². The molecule has 0 bridgehead atoms. The van der Waals surface area contributed by atoms with Crippen LogP contribution in [0.25, 0.3) is 0 Å². The standard InChI is InChI=1S/C11H22O4/c1-6-8(12)7-10(2,3)11(4,5)9(13)15-14/h8,12,14H,6-7H2,1-5H3. The van der Waals surface area contributed by atoms with Crippen LogP contribution in [0.2, 0.25) is 0 Å². The van der Waals surface area contributed by atoms with Gasteiger partial charge in [-0.25, -0.2) is 4.79 Å². The normalized spacial score (nSPS) is 14.9. The average molecular weight is 218 g/mol. The number of aliphatic hydroxyl groups excluding tert-OH is 1. The van der Waals surface area contributed by atoms with Crippen molar-refractivity contribution in [1.82, 2.24) is 0 Å². The van der Waals surface area contributed by atoms with E-state index in [4.69, 9.17) is 5.26 Å². The minimum Gasteiger partial charge on any atom is -0.393 e. The van der Waals surface area contributed by atoms with Crippen molar-refractivity contribution in [3.8, 4) is 0 Å². The van der Waals surface area contributed by atoms with E-state index in [1.807, 2.05) is 20.8 Å². The highest BCUT2D eigenvalue weighted by atomic mass is 17.1. The first-order valence-electron chi connectivity index (χ1n) is 5.23. The van der Waals surface area contributed by atoms with Gasteiger partial charge in [0, 0.05) is 0 Å². The van der Waals surface area contributed by atoms with E-state index in [0.29, 0.717) is 12.8 Å². The second kappa shape index (κ2) is 4.94. The summed E-state index contributed by atoms with van der Waals surface area (Å²) < 4.78 is 0. The van der Waals surface area contributed by atoms with E-state index in [1.54, 1.807) is 13.8 Å². The Morgan fingerprint density at radius 1 is 1.33 bits per heavy atom. The van der Waals surface area contributed by atoms with Crippen LogP contribution in [-0.4, -0.2) is 22.4 Å². The highest BCUT2D eigenvalue weighted by molar-refractivity contribution is 5.76. The van der Waals surface area contributed by atoms with Gasteiger partial charge in [-0.2, -0.15) is 5.26 Å². The molecule has 0 amide bonds. The van der Waals surface area contributed by atoms with Crippen molar-refractivity contribution in [2.45, 2.75) is 53.6 Å². The van der Waals surface area contributed by atoms with Crippen molar-refractivity contribution in [3.63, 3.8) is 0 Å². The summed E-state index contributed by atoms with van der Waals surface area (Å²) in [7, 11) is 0. The lowest BCUT2D eigenvalue weighted by Crippen LogP contribution is -2.42. The minimum atomic E-state index is -0.835. The van der Waals surface area contributed by atoms with Crippen molar-refractivity contribution in [2.24, 2.45) is 10.8 Å². The maximum Gasteiger partial charge on any atom is 0.348 e. The third kappa shape index (κ3) is 3.18. The zero-order chi connectivity index (χ0) is 12.3. The van der Waals surface area contributed by atoms with Gasteiger partial charge in [0.25, 0.3) is 0 Å². The van der Waals surface area contributed by atoms with E-state index < -0.39 is 22.9 Å². The van der Waals surface area contributed by atoms with Gasteiger partial charge in [0.15, 0.2) is 0 Å². The lowest BCUT2D eigenvalue weighted by molar-refractivity contribution is -0.249. The van der Waals surface area contributed by atoms with E-state index in [0.717, 1.165) is 0 Å². The van der Waals surface area contributed by atoms with Crippen molar-refractivity contribution >= 4 is 5.97 Å². The molecule has 0 heterocycles. The lowest BCUT2D eigenvalue weighted by Gasteiger charge is -2.39. The summed E-state index contributed by atoms with van der Waals surface area (Å²) in [6.07, 6.45) is 0.699. The number of aliphatic hydroxyl groups is 1. The van der Waals surface area contributed by atoms with E-state index in [-0.39, 0.29) is 0 Å². The maximum absolute atomic E-state index is 11.4. The topological polar surface area (TPSA) is 66.8 Å². The molecule has 4 heteroatoms. The summed E-state index contributed by atoms with van der Waals surface area (Å²) in [5, 5.41) is 18.0. The zero-order valence-electron chi connectivity index (χ0n) is 10.2. The van der Waals surface area contributed by atoms with Crippen LogP contribution in [-0.2, 0) is 9.68 Å². The molecule has 1 unspecified atom stereocenters. The molecule has 0 aromatic carbocycles. The first kappa shape index (κ1) is 14.4. The van der Waals surface area contributed by atoms with Gasteiger partial charge in [0.05, 0.1) is 11.5 Å². The Hall–Kier alpha value is -0.610. The average Bonchev–Trinajstić information content (AvgIpc) is 2.15. The third-order valence-corrected chi connectivity index (χ3v) is 3.50. The molecule has 0 rings (SSSR count). The molecule has 0 radical (unpaired) electrons. The molecule has 0 fully saturated rings. The number of hydrogen-bond acceptors (Lipinski definition) is 4. The molecule has 0 saturated carbocycles. The highest BCUT2D eigenvalue weighted by Gasteiger charge is 2.45. The van der Waals surface area contributed by atoms with Gasteiger partial charge in [-0.3, -0.25) is 0 Å². The Labute approximate surface area is 91.2 Å². The number of carbonyl (C=O) groups is 1. The van der Waals surface area contributed by atoms with Crippen LogP contribution in [0.4, 0.5) is 0 Å². The molecule has 0 aliphatic carbocycles. The van der Waals surface area contributed by atoms with Crippen LogP contribution in [0.3, 0.4) is 0 Å². The Morgan fingerprint density at radius 3 is 2.13 bits per heavy atom. The summed E-state index contributed by atoms with van der Waals surface area (Å²) >= 11 is 0. The molecule has 90 valence electrons. The fourth-order valence-electron chi connectivity index (χ4n) is 1.38. The van der Waals surface area contributed by atoms with E-state index in [2.05, 4.69) is 4.89 Å². The monoisotopic (exact) mass is 218 g/mol. The first-order chi connectivity index (χ1) is 6.69. The second-order valence-corrected chi connectivity index (χ2v) is 5.15. The van der Waals surface area contributed by atoms with Crippen molar-refractivity contribution in [2.75, 3.05) is 0 Å². The van der Waals surface area contributed by atoms with Crippen molar-refractivity contribution < 1.29 is 20.0 Å². The molecule has 0 aliphatic heterocycles. The van der Waals surface area contributed by atoms with Gasteiger partial charge in [-0.15, -0.1) is 0 Å². The van der Waals surface area contributed by atoms with Gasteiger partial charge < -0.3 is 9.99 Å². The van der Waals surface area contributed by atoms with Crippen LogP contribution in [0.1, 0.15) is 47.5 Å². The van der Waals surface area contributed by atoms with Crippen LogP contribution in [0, 0.1) is 10.8 Å². The number of hydrogen-bond donors (Lipinski definition) is 2. The maximum atomic E-state index is 11.4. The Morgan fingerprint density at radius 2 is 1.80 bits per heavy atom. The highest BCUT2D eigenvalue weighted by Crippen LogP contribution is 2.43. The first-order valence-corrected chi connectivity index (χ1v) is 5.23. The molecular weight excluding hydrogens is 196 g/mol. The summed E-state index contributed by atoms with van der Waals surface area (Å²) in [4.78, 5) is 15.2. The quantitative estimate of drug-likeness (QED) is 0.548. The molecule has 0 aliphatic rings. The van der Waals surface area contributed by atoms with Gasteiger partial charge in [0.2, 0.25) is 0 Å². The molecule has 0 spiro atoms. The summed E-state index contributed by atoms with van der Waals surface area (Å²) in [5.41, 5.74) is -1.28. The largest absolute Gasteiger partial charge is 0.393 e. The predicted octanol–water partition coefficient (Wildman–Crippen LogP) is 2.22.